The zero-order valence-corrected chi connectivity index (χ0v) is 13.2. The molecule has 4 rings (SSSR count). The second-order valence-electron chi connectivity index (χ2n) is 7.05. The van der Waals surface area contributed by atoms with Crippen LogP contribution in [0.1, 0.15) is 62.2 Å². The number of likely N-dealkylation sites (tertiary alicyclic amines) is 2. The van der Waals surface area contributed by atoms with Crippen molar-refractivity contribution < 1.29 is 9.32 Å². The van der Waals surface area contributed by atoms with E-state index in [-0.39, 0.29) is 17.9 Å². The first-order chi connectivity index (χ1) is 10.7. The van der Waals surface area contributed by atoms with Crippen molar-refractivity contribution in [2.45, 2.75) is 50.5 Å². The van der Waals surface area contributed by atoms with Crippen molar-refractivity contribution in [1.29, 1.82) is 0 Å². The SMILES string of the molecule is CN1CCCC1c1nc(C2CN(C(=O)C3CCCC3)C2)no1. The Morgan fingerprint density at radius 2 is 1.95 bits per heavy atom. The van der Waals surface area contributed by atoms with Gasteiger partial charge in [0.2, 0.25) is 11.8 Å². The maximum absolute atomic E-state index is 12.3. The molecule has 1 aromatic heterocycles. The average Bonchev–Trinajstić information content (AvgIpc) is 3.16. The monoisotopic (exact) mass is 304 g/mol. The van der Waals surface area contributed by atoms with Gasteiger partial charge in [0, 0.05) is 19.0 Å². The van der Waals surface area contributed by atoms with Crippen LogP contribution < -0.4 is 0 Å². The van der Waals surface area contributed by atoms with Crippen LogP contribution >= 0.6 is 0 Å². The predicted octanol–water partition coefficient (Wildman–Crippen LogP) is 1.95. The van der Waals surface area contributed by atoms with Crippen LogP contribution in [-0.2, 0) is 4.79 Å². The molecule has 0 radical (unpaired) electrons. The number of carbonyl (C=O) groups is 1. The molecule has 0 aromatic carbocycles. The van der Waals surface area contributed by atoms with E-state index in [1.54, 1.807) is 0 Å². The standard InChI is InChI=1S/C16H24N4O2/c1-19-8-4-7-13(19)15-17-14(18-22-15)12-9-20(10-12)16(21)11-5-2-3-6-11/h11-13H,2-10H2,1H3. The minimum atomic E-state index is 0.259. The van der Waals surface area contributed by atoms with Crippen molar-refractivity contribution in [2.75, 3.05) is 26.7 Å². The predicted molar refractivity (Wildman–Crippen MR) is 80.2 cm³/mol. The zero-order chi connectivity index (χ0) is 15.1. The van der Waals surface area contributed by atoms with E-state index in [2.05, 4.69) is 22.1 Å². The summed E-state index contributed by atoms with van der Waals surface area (Å²) in [6.45, 7) is 2.61. The molecule has 1 aliphatic carbocycles. The Hall–Kier alpha value is -1.43. The Balaban J connectivity index is 1.35. The Morgan fingerprint density at radius 1 is 1.18 bits per heavy atom. The molecule has 1 amide bonds. The molecule has 2 saturated heterocycles. The quantitative estimate of drug-likeness (QED) is 0.854. The lowest BCUT2D eigenvalue weighted by Crippen LogP contribution is -2.50. The van der Waals surface area contributed by atoms with E-state index in [9.17, 15) is 4.79 Å². The topological polar surface area (TPSA) is 62.5 Å². The van der Waals surface area contributed by atoms with E-state index in [0.717, 1.165) is 50.6 Å². The summed E-state index contributed by atoms with van der Waals surface area (Å²) in [7, 11) is 2.10. The Bertz CT molecular complexity index is 546. The summed E-state index contributed by atoms with van der Waals surface area (Å²) in [5, 5.41) is 4.16. The molecule has 120 valence electrons. The minimum Gasteiger partial charge on any atom is -0.341 e. The summed E-state index contributed by atoms with van der Waals surface area (Å²) < 4.78 is 5.47. The summed E-state index contributed by atoms with van der Waals surface area (Å²) in [5.74, 6) is 2.40. The molecule has 0 N–H and O–H groups in total. The second-order valence-corrected chi connectivity index (χ2v) is 7.05. The second kappa shape index (κ2) is 5.65. The van der Waals surface area contributed by atoms with Crippen LogP contribution in [0.2, 0.25) is 0 Å². The van der Waals surface area contributed by atoms with Crippen LogP contribution in [0.25, 0.3) is 0 Å². The summed E-state index contributed by atoms with van der Waals surface area (Å²) in [6.07, 6.45) is 6.83. The molecule has 1 unspecified atom stereocenters. The lowest BCUT2D eigenvalue weighted by molar-refractivity contribution is -0.140. The fraction of sp³-hybridized carbons (Fsp3) is 0.812. The molecule has 3 heterocycles. The van der Waals surface area contributed by atoms with Crippen molar-refractivity contribution in [1.82, 2.24) is 19.9 Å². The van der Waals surface area contributed by atoms with Gasteiger partial charge in [0.1, 0.15) is 0 Å². The number of hydrogen-bond donors (Lipinski definition) is 0. The highest BCUT2D eigenvalue weighted by Gasteiger charge is 2.39. The molecule has 2 aliphatic heterocycles. The smallest absolute Gasteiger partial charge is 0.243 e. The van der Waals surface area contributed by atoms with Gasteiger partial charge in [-0.2, -0.15) is 4.98 Å². The third-order valence-corrected chi connectivity index (χ3v) is 5.53. The van der Waals surface area contributed by atoms with Crippen LogP contribution in [0.4, 0.5) is 0 Å². The van der Waals surface area contributed by atoms with E-state index in [0.29, 0.717) is 5.91 Å². The average molecular weight is 304 g/mol. The molecule has 0 bridgehead atoms. The summed E-state index contributed by atoms with van der Waals surface area (Å²) in [5.41, 5.74) is 0. The third-order valence-electron chi connectivity index (χ3n) is 5.53. The maximum Gasteiger partial charge on any atom is 0.243 e. The van der Waals surface area contributed by atoms with Gasteiger partial charge in [0.15, 0.2) is 5.82 Å². The van der Waals surface area contributed by atoms with Gasteiger partial charge in [-0.3, -0.25) is 9.69 Å². The van der Waals surface area contributed by atoms with E-state index < -0.39 is 0 Å². The Morgan fingerprint density at radius 3 is 2.64 bits per heavy atom. The van der Waals surface area contributed by atoms with Crippen LogP contribution in [0.5, 0.6) is 0 Å². The fourth-order valence-corrected chi connectivity index (χ4v) is 4.02. The Labute approximate surface area is 130 Å². The highest BCUT2D eigenvalue weighted by molar-refractivity contribution is 5.80. The highest BCUT2D eigenvalue weighted by Crippen LogP contribution is 2.34. The van der Waals surface area contributed by atoms with Crippen molar-refractivity contribution in [3.05, 3.63) is 11.7 Å². The molecule has 3 aliphatic rings. The molecular formula is C16H24N4O2. The Kier molecular flexibility index (Phi) is 3.64. The third kappa shape index (κ3) is 2.43. The summed E-state index contributed by atoms with van der Waals surface area (Å²) >= 11 is 0. The number of hydrogen-bond acceptors (Lipinski definition) is 5. The van der Waals surface area contributed by atoms with Gasteiger partial charge in [0.25, 0.3) is 0 Å². The molecule has 1 atom stereocenters. The van der Waals surface area contributed by atoms with Gasteiger partial charge in [-0.25, -0.2) is 0 Å². The molecule has 22 heavy (non-hydrogen) atoms. The van der Waals surface area contributed by atoms with Gasteiger partial charge in [-0.05, 0) is 39.3 Å². The molecule has 1 aromatic rings. The summed E-state index contributed by atoms with van der Waals surface area (Å²) in [4.78, 5) is 21.2. The minimum absolute atomic E-state index is 0.259. The highest BCUT2D eigenvalue weighted by atomic mass is 16.5. The van der Waals surface area contributed by atoms with E-state index in [1.807, 2.05) is 4.90 Å². The first kappa shape index (κ1) is 14.2. The van der Waals surface area contributed by atoms with Crippen molar-refractivity contribution in [3.63, 3.8) is 0 Å². The van der Waals surface area contributed by atoms with Crippen LogP contribution in [0, 0.1) is 5.92 Å². The fourth-order valence-electron chi connectivity index (χ4n) is 4.02. The number of nitrogens with zero attached hydrogens (tertiary/aromatic N) is 4. The normalized spacial score (nSPS) is 27.5. The molecular weight excluding hydrogens is 280 g/mol. The van der Waals surface area contributed by atoms with Crippen LogP contribution in [-0.4, -0.2) is 52.5 Å². The number of amides is 1. The number of aromatic nitrogens is 2. The van der Waals surface area contributed by atoms with Gasteiger partial charge < -0.3 is 9.42 Å². The largest absolute Gasteiger partial charge is 0.341 e. The van der Waals surface area contributed by atoms with E-state index in [1.165, 1.54) is 19.3 Å². The zero-order valence-electron chi connectivity index (χ0n) is 13.2. The number of rotatable bonds is 3. The van der Waals surface area contributed by atoms with Crippen molar-refractivity contribution in [3.8, 4) is 0 Å². The first-order valence-electron chi connectivity index (χ1n) is 8.55. The first-order valence-corrected chi connectivity index (χ1v) is 8.55. The van der Waals surface area contributed by atoms with Crippen LogP contribution in [0.3, 0.4) is 0 Å². The summed E-state index contributed by atoms with van der Waals surface area (Å²) in [6, 6.07) is 0.276. The molecule has 6 heteroatoms. The maximum atomic E-state index is 12.3. The molecule has 0 spiro atoms. The molecule has 1 saturated carbocycles. The van der Waals surface area contributed by atoms with Gasteiger partial charge in [0.05, 0.1) is 12.0 Å². The van der Waals surface area contributed by atoms with Crippen molar-refractivity contribution in [2.24, 2.45) is 5.92 Å². The molecule has 3 fully saturated rings. The van der Waals surface area contributed by atoms with Crippen LogP contribution in [0.15, 0.2) is 4.52 Å². The van der Waals surface area contributed by atoms with Gasteiger partial charge >= 0.3 is 0 Å². The number of carbonyl (C=O) groups excluding carboxylic acids is 1. The van der Waals surface area contributed by atoms with E-state index >= 15 is 0 Å². The van der Waals surface area contributed by atoms with Gasteiger partial charge in [-0.1, -0.05) is 18.0 Å². The lowest BCUT2D eigenvalue weighted by atomic mass is 9.96. The van der Waals surface area contributed by atoms with Gasteiger partial charge in [-0.15, -0.1) is 0 Å². The lowest BCUT2D eigenvalue weighted by Gasteiger charge is -2.39. The van der Waals surface area contributed by atoms with Crippen molar-refractivity contribution >= 4 is 5.91 Å². The molecule has 6 nitrogen and oxygen atoms in total. The van der Waals surface area contributed by atoms with E-state index in [4.69, 9.17) is 4.52 Å².